The summed E-state index contributed by atoms with van der Waals surface area (Å²) in [5.41, 5.74) is -0.927. The first-order valence-electron chi connectivity index (χ1n) is 15.2. The van der Waals surface area contributed by atoms with Crippen LogP contribution in [0.4, 0.5) is 0 Å². The zero-order valence-electron chi connectivity index (χ0n) is 24.9. The number of hydrogen-bond acceptors (Lipinski definition) is 12. The second-order valence-corrected chi connectivity index (χ2v) is 11.4. The van der Waals surface area contributed by atoms with Crippen LogP contribution in [0.15, 0.2) is 37.9 Å². The van der Waals surface area contributed by atoms with Gasteiger partial charge < -0.3 is 48.9 Å². The van der Waals surface area contributed by atoms with Crippen LogP contribution in [0.25, 0.3) is 33.3 Å². The van der Waals surface area contributed by atoms with Crippen molar-refractivity contribution in [3.8, 4) is 34.3 Å². The van der Waals surface area contributed by atoms with Gasteiger partial charge in [0.15, 0.2) is 23.4 Å². The molecule has 0 bridgehead atoms. The Kier molecular flexibility index (Phi) is 9.98. The van der Waals surface area contributed by atoms with E-state index in [0.29, 0.717) is 18.5 Å². The number of aromatic hydroxyl groups is 3. The van der Waals surface area contributed by atoms with Gasteiger partial charge in [0.2, 0.25) is 17.5 Å². The molecule has 2 aromatic carbocycles. The maximum atomic E-state index is 13.9. The summed E-state index contributed by atoms with van der Waals surface area (Å²) in [6.07, 6.45) is 2.71. The van der Waals surface area contributed by atoms with E-state index < -0.39 is 53.9 Å². The zero-order chi connectivity index (χ0) is 32.2. The number of furan rings is 1. The topological polar surface area (TPSA) is 200 Å². The van der Waals surface area contributed by atoms with Crippen molar-refractivity contribution in [1.29, 1.82) is 0 Å². The molecule has 0 radical (unpaired) electrons. The van der Waals surface area contributed by atoms with Gasteiger partial charge in [0, 0.05) is 35.9 Å². The highest BCUT2D eigenvalue weighted by atomic mass is 16.7. The Hall–Kier alpha value is -4.10. The highest BCUT2D eigenvalue weighted by Gasteiger charge is 2.39. The van der Waals surface area contributed by atoms with Crippen LogP contribution in [0.1, 0.15) is 74.4 Å². The molecule has 0 aliphatic carbocycles. The molecule has 5 rings (SSSR count). The number of fused-ring (bicyclic) bond motifs is 2. The molecule has 1 saturated heterocycles. The molecule has 45 heavy (non-hydrogen) atoms. The summed E-state index contributed by atoms with van der Waals surface area (Å²) in [4.78, 5) is 26.4. The number of benzene rings is 2. The van der Waals surface area contributed by atoms with E-state index in [1.165, 1.54) is 18.6 Å². The van der Waals surface area contributed by atoms with E-state index in [1.807, 2.05) is 0 Å². The Balaban J connectivity index is 1.64. The van der Waals surface area contributed by atoms with Crippen molar-refractivity contribution in [2.24, 2.45) is 0 Å². The number of carbonyl (C=O) groups is 1. The number of ether oxygens (including phenoxy) is 2. The van der Waals surface area contributed by atoms with Gasteiger partial charge in [-0.1, -0.05) is 45.4 Å². The van der Waals surface area contributed by atoms with Gasteiger partial charge in [-0.15, -0.1) is 0 Å². The third-order valence-corrected chi connectivity index (χ3v) is 8.16. The second kappa shape index (κ2) is 13.9. The standard InChI is InChI=1S/C33H38O12/c1-2-3-4-5-6-7-8-9-24-20(16-35)26-19(10-11-21(37)31(26)43-24)30-32(45-33-28(40)23(39)14-18(15-34)42-33)29(41)27-22(38)12-17(36)13-25(27)44-30/h10-13,16,18,23,28,33-34,36-40H,2-9,14-15H2,1H3/t18-,23-,28+,33-/m0/s1. The van der Waals surface area contributed by atoms with Gasteiger partial charge in [0.05, 0.1) is 24.4 Å². The molecule has 12 heteroatoms. The molecule has 0 spiro atoms. The number of aryl methyl sites for hydroxylation is 1. The third kappa shape index (κ3) is 6.50. The highest BCUT2D eigenvalue weighted by Crippen LogP contribution is 2.44. The van der Waals surface area contributed by atoms with Gasteiger partial charge in [-0.05, 0) is 18.6 Å². The van der Waals surface area contributed by atoms with Gasteiger partial charge in [0.1, 0.15) is 34.3 Å². The fourth-order valence-corrected chi connectivity index (χ4v) is 5.80. The number of unbranched alkanes of at least 4 members (excludes halogenated alkanes) is 6. The van der Waals surface area contributed by atoms with Crippen molar-refractivity contribution >= 4 is 28.2 Å². The number of phenols is 3. The summed E-state index contributed by atoms with van der Waals surface area (Å²) >= 11 is 0. The zero-order valence-corrected chi connectivity index (χ0v) is 24.9. The molecule has 1 fully saturated rings. The monoisotopic (exact) mass is 626 g/mol. The molecule has 4 aromatic rings. The lowest BCUT2D eigenvalue weighted by atomic mass is 9.99. The molecule has 0 unspecified atom stereocenters. The molecule has 1 aliphatic rings. The maximum Gasteiger partial charge on any atom is 0.239 e. The summed E-state index contributed by atoms with van der Waals surface area (Å²) in [5.74, 6) is -1.77. The average Bonchev–Trinajstić information content (AvgIpc) is 3.39. The number of carbonyl (C=O) groups excluding carboxylic acids is 1. The quantitative estimate of drug-likeness (QED) is 0.0889. The molecule has 0 saturated carbocycles. The van der Waals surface area contributed by atoms with Crippen molar-refractivity contribution in [3.63, 3.8) is 0 Å². The Bertz CT molecular complexity index is 1720. The van der Waals surface area contributed by atoms with Gasteiger partial charge in [-0.25, -0.2) is 0 Å². The lowest BCUT2D eigenvalue weighted by Crippen LogP contribution is -2.52. The van der Waals surface area contributed by atoms with Crippen LogP contribution in [-0.4, -0.2) is 68.1 Å². The van der Waals surface area contributed by atoms with Crippen molar-refractivity contribution in [2.75, 3.05) is 6.61 Å². The van der Waals surface area contributed by atoms with E-state index >= 15 is 0 Å². The lowest BCUT2D eigenvalue weighted by molar-refractivity contribution is -0.240. The van der Waals surface area contributed by atoms with Crippen LogP contribution in [0.3, 0.4) is 0 Å². The first kappa shape index (κ1) is 32.3. The summed E-state index contributed by atoms with van der Waals surface area (Å²) < 4.78 is 23.5. The summed E-state index contributed by atoms with van der Waals surface area (Å²) in [5, 5.41) is 61.8. The fraction of sp³-hybridized carbons (Fsp3) is 0.455. The third-order valence-electron chi connectivity index (χ3n) is 8.16. The lowest BCUT2D eigenvalue weighted by Gasteiger charge is -2.36. The van der Waals surface area contributed by atoms with Crippen molar-refractivity contribution < 1.29 is 53.7 Å². The maximum absolute atomic E-state index is 13.9. The predicted octanol–water partition coefficient (Wildman–Crippen LogP) is 4.64. The van der Waals surface area contributed by atoms with Crippen molar-refractivity contribution in [2.45, 2.75) is 89.3 Å². The van der Waals surface area contributed by atoms with E-state index in [-0.39, 0.29) is 51.0 Å². The molecule has 242 valence electrons. The number of hydrogen-bond donors (Lipinski definition) is 6. The number of rotatable bonds is 13. The molecule has 6 N–H and O–H groups in total. The molecular weight excluding hydrogens is 588 g/mol. The fourth-order valence-electron chi connectivity index (χ4n) is 5.80. The van der Waals surface area contributed by atoms with Crippen molar-refractivity contribution in [3.05, 3.63) is 45.8 Å². The Labute approximate surface area is 258 Å². The number of aldehydes is 1. The van der Waals surface area contributed by atoms with Gasteiger partial charge >= 0.3 is 0 Å². The van der Waals surface area contributed by atoms with E-state index in [1.54, 1.807) is 0 Å². The second-order valence-electron chi connectivity index (χ2n) is 11.4. The number of aliphatic hydroxyl groups excluding tert-OH is 3. The molecule has 2 aromatic heterocycles. The molecule has 12 nitrogen and oxygen atoms in total. The van der Waals surface area contributed by atoms with E-state index in [0.717, 1.165) is 50.7 Å². The minimum atomic E-state index is -1.64. The van der Waals surface area contributed by atoms with E-state index in [2.05, 4.69) is 6.92 Å². The number of phenolic OH excluding ortho intramolecular Hbond substituents is 3. The van der Waals surface area contributed by atoms with Crippen LogP contribution in [0.2, 0.25) is 0 Å². The van der Waals surface area contributed by atoms with Crippen LogP contribution in [-0.2, 0) is 11.2 Å². The van der Waals surface area contributed by atoms with Crippen LogP contribution in [0.5, 0.6) is 23.0 Å². The molecule has 3 heterocycles. The highest BCUT2D eigenvalue weighted by molar-refractivity contribution is 6.08. The summed E-state index contributed by atoms with van der Waals surface area (Å²) in [6, 6.07) is 4.73. The van der Waals surface area contributed by atoms with Crippen LogP contribution < -0.4 is 10.2 Å². The van der Waals surface area contributed by atoms with Crippen LogP contribution in [0, 0.1) is 0 Å². The van der Waals surface area contributed by atoms with Crippen LogP contribution >= 0.6 is 0 Å². The summed E-state index contributed by atoms with van der Waals surface area (Å²) in [6.45, 7) is 1.66. The molecule has 4 atom stereocenters. The van der Waals surface area contributed by atoms with Gasteiger partial charge in [-0.3, -0.25) is 9.59 Å². The Morgan fingerprint density at radius 3 is 2.40 bits per heavy atom. The normalized spacial score (nSPS) is 20.2. The predicted molar refractivity (Wildman–Crippen MR) is 163 cm³/mol. The van der Waals surface area contributed by atoms with E-state index in [9.17, 15) is 40.2 Å². The largest absolute Gasteiger partial charge is 0.508 e. The Morgan fingerprint density at radius 1 is 0.956 bits per heavy atom. The summed E-state index contributed by atoms with van der Waals surface area (Å²) in [7, 11) is 0. The minimum Gasteiger partial charge on any atom is -0.508 e. The first-order chi connectivity index (χ1) is 21.7. The Morgan fingerprint density at radius 2 is 1.69 bits per heavy atom. The minimum absolute atomic E-state index is 0.0234. The average molecular weight is 627 g/mol. The molecular formula is C33H38O12. The van der Waals surface area contributed by atoms with Crippen molar-refractivity contribution in [1.82, 2.24) is 0 Å². The van der Waals surface area contributed by atoms with E-state index in [4.69, 9.17) is 18.3 Å². The number of aliphatic hydroxyl groups is 3. The first-order valence-corrected chi connectivity index (χ1v) is 15.2. The van der Waals surface area contributed by atoms with Gasteiger partial charge in [0.25, 0.3) is 0 Å². The SMILES string of the molecule is CCCCCCCCCc1oc2c(O)ccc(-c3oc4cc(O)cc(O)c4c(=O)c3O[C@@H]3O[C@H](CO)C[C@H](O)[C@H]3O)c2c1C=O. The molecule has 0 amide bonds. The smallest absolute Gasteiger partial charge is 0.239 e. The molecule has 1 aliphatic heterocycles. The van der Waals surface area contributed by atoms with Gasteiger partial charge in [-0.2, -0.15) is 0 Å².